The first-order valence-electron chi connectivity index (χ1n) is 4.26. The van der Waals surface area contributed by atoms with Gasteiger partial charge in [0.05, 0.1) is 18.3 Å². The summed E-state index contributed by atoms with van der Waals surface area (Å²) in [6.45, 7) is 4.69. The Morgan fingerprint density at radius 3 is 2.69 bits per heavy atom. The number of hydrogen-bond donors (Lipinski definition) is 3. The number of guanidine groups is 1. The van der Waals surface area contributed by atoms with Crippen LogP contribution in [0.1, 0.15) is 23.0 Å². The fourth-order valence-electron chi connectivity index (χ4n) is 1.70. The van der Waals surface area contributed by atoms with E-state index in [0.29, 0.717) is 12.5 Å². The number of aromatic nitrogens is 2. The zero-order valence-electron chi connectivity index (χ0n) is 7.76. The van der Waals surface area contributed by atoms with Crippen molar-refractivity contribution < 1.29 is 0 Å². The Morgan fingerprint density at radius 1 is 1.46 bits per heavy atom. The number of hydrogen-bond acceptors (Lipinski definition) is 4. The third-order valence-corrected chi connectivity index (χ3v) is 2.30. The van der Waals surface area contributed by atoms with Gasteiger partial charge in [-0.1, -0.05) is 0 Å². The summed E-state index contributed by atoms with van der Waals surface area (Å²) in [5.41, 5.74) is 8.82. The van der Waals surface area contributed by atoms with Gasteiger partial charge in [0.2, 0.25) is 0 Å². The number of aryl methyl sites for hydroxylation is 2. The molecule has 0 aromatic carbocycles. The van der Waals surface area contributed by atoms with Crippen LogP contribution in [0.15, 0.2) is 4.99 Å². The molecule has 0 saturated heterocycles. The maximum atomic E-state index is 5.54. The summed E-state index contributed by atoms with van der Waals surface area (Å²) >= 11 is 0. The predicted octanol–water partition coefficient (Wildman–Crippen LogP) is -0.0145. The standard InChI is InChI=1S/C8H13N5/c1-4-7(5(2)13-12-4)6-3-10-8(9)11-6/h6H,3H2,1-2H3,(H,12,13)(H3,9,10,11). The monoisotopic (exact) mass is 179 g/mol. The van der Waals surface area contributed by atoms with Crippen molar-refractivity contribution in [2.45, 2.75) is 19.9 Å². The largest absolute Gasteiger partial charge is 0.370 e. The van der Waals surface area contributed by atoms with E-state index < -0.39 is 0 Å². The van der Waals surface area contributed by atoms with Crippen LogP contribution in [-0.4, -0.2) is 22.7 Å². The van der Waals surface area contributed by atoms with Gasteiger partial charge in [0, 0.05) is 11.3 Å². The molecule has 1 aromatic heterocycles. The van der Waals surface area contributed by atoms with Crippen LogP contribution in [0, 0.1) is 13.8 Å². The summed E-state index contributed by atoms with van der Waals surface area (Å²) in [4.78, 5) is 4.10. The molecule has 1 unspecified atom stereocenters. The van der Waals surface area contributed by atoms with Crippen LogP contribution in [0.3, 0.4) is 0 Å². The van der Waals surface area contributed by atoms with Crippen molar-refractivity contribution in [2.75, 3.05) is 6.54 Å². The molecule has 0 spiro atoms. The van der Waals surface area contributed by atoms with Crippen LogP contribution < -0.4 is 11.1 Å². The molecule has 1 aliphatic heterocycles. The van der Waals surface area contributed by atoms with Gasteiger partial charge in [0.25, 0.3) is 0 Å². The SMILES string of the molecule is Cc1n[nH]c(C)c1C1CN=C(N)N1. The van der Waals surface area contributed by atoms with Gasteiger partial charge >= 0.3 is 0 Å². The first kappa shape index (κ1) is 8.10. The van der Waals surface area contributed by atoms with E-state index in [1.54, 1.807) is 0 Å². The average molecular weight is 179 g/mol. The van der Waals surface area contributed by atoms with Gasteiger partial charge in [-0.2, -0.15) is 5.10 Å². The second-order valence-corrected chi connectivity index (χ2v) is 3.27. The molecule has 4 N–H and O–H groups in total. The Balaban J connectivity index is 2.27. The lowest BCUT2D eigenvalue weighted by atomic mass is 10.1. The lowest BCUT2D eigenvalue weighted by molar-refractivity contribution is 0.698. The van der Waals surface area contributed by atoms with Gasteiger partial charge < -0.3 is 11.1 Å². The van der Waals surface area contributed by atoms with Crippen molar-refractivity contribution in [3.8, 4) is 0 Å². The quantitative estimate of drug-likeness (QED) is 0.567. The predicted molar refractivity (Wildman–Crippen MR) is 50.4 cm³/mol. The molecular weight excluding hydrogens is 166 g/mol. The van der Waals surface area contributed by atoms with Crippen LogP contribution in [-0.2, 0) is 0 Å². The molecule has 0 amide bonds. The molecule has 13 heavy (non-hydrogen) atoms. The first-order valence-corrected chi connectivity index (χ1v) is 4.26. The Hall–Kier alpha value is -1.52. The number of nitrogens with one attached hydrogen (secondary N) is 2. The smallest absolute Gasteiger partial charge is 0.189 e. The topological polar surface area (TPSA) is 79.1 Å². The summed E-state index contributed by atoms with van der Waals surface area (Å²) < 4.78 is 0. The lowest BCUT2D eigenvalue weighted by Gasteiger charge is -2.10. The van der Waals surface area contributed by atoms with E-state index in [2.05, 4.69) is 20.5 Å². The number of rotatable bonds is 1. The third-order valence-electron chi connectivity index (χ3n) is 2.30. The normalized spacial score (nSPS) is 21.4. The van der Waals surface area contributed by atoms with E-state index in [0.717, 1.165) is 11.4 Å². The molecule has 0 fully saturated rings. The fraction of sp³-hybridized carbons (Fsp3) is 0.500. The highest BCUT2D eigenvalue weighted by molar-refractivity contribution is 5.80. The first-order chi connectivity index (χ1) is 6.18. The van der Waals surface area contributed by atoms with E-state index >= 15 is 0 Å². The van der Waals surface area contributed by atoms with E-state index in [1.807, 2.05) is 13.8 Å². The van der Waals surface area contributed by atoms with Crippen molar-refractivity contribution in [3.05, 3.63) is 17.0 Å². The minimum Gasteiger partial charge on any atom is -0.370 e. The van der Waals surface area contributed by atoms with Crippen molar-refractivity contribution in [3.63, 3.8) is 0 Å². The molecule has 0 saturated carbocycles. The molecule has 2 heterocycles. The molecule has 5 heteroatoms. The summed E-state index contributed by atoms with van der Waals surface area (Å²) in [6.07, 6.45) is 0. The summed E-state index contributed by atoms with van der Waals surface area (Å²) in [7, 11) is 0. The number of H-pyrrole nitrogens is 1. The maximum Gasteiger partial charge on any atom is 0.189 e. The number of aliphatic imine (C=N–C) groups is 1. The number of aromatic amines is 1. The second kappa shape index (κ2) is 2.76. The van der Waals surface area contributed by atoms with Crippen LogP contribution in [0.25, 0.3) is 0 Å². The molecule has 0 bridgehead atoms. The summed E-state index contributed by atoms with van der Waals surface area (Å²) in [5.74, 6) is 0.519. The minimum absolute atomic E-state index is 0.193. The molecule has 0 aliphatic carbocycles. The molecule has 2 rings (SSSR count). The second-order valence-electron chi connectivity index (χ2n) is 3.27. The Labute approximate surface area is 76.4 Å². The van der Waals surface area contributed by atoms with E-state index in [-0.39, 0.29) is 6.04 Å². The molecule has 5 nitrogen and oxygen atoms in total. The highest BCUT2D eigenvalue weighted by Gasteiger charge is 2.22. The molecule has 70 valence electrons. The van der Waals surface area contributed by atoms with E-state index in [1.165, 1.54) is 5.56 Å². The van der Waals surface area contributed by atoms with E-state index in [4.69, 9.17) is 5.73 Å². The van der Waals surface area contributed by atoms with Gasteiger partial charge in [0.15, 0.2) is 5.96 Å². The van der Waals surface area contributed by atoms with Crippen molar-refractivity contribution in [1.82, 2.24) is 15.5 Å². The lowest BCUT2D eigenvalue weighted by Crippen LogP contribution is -2.30. The van der Waals surface area contributed by atoms with Crippen LogP contribution in [0.4, 0.5) is 0 Å². The maximum absolute atomic E-state index is 5.54. The van der Waals surface area contributed by atoms with Gasteiger partial charge in [0.1, 0.15) is 0 Å². The average Bonchev–Trinajstić information content (AvgIpc) is 2.60. The highest BCUT2D eigenvalue weighted by atomic mass is 15.2. The van der Waals surface area contributed by atoms with Crippen LogP contribution >= 0.6 is 0 Å². The Kier molecular flexibility index (Phi) is 1.72. The Morgan fingerprint density at radius 2 is 2.23 bits per heavy atom. The van der Waals surface area contributed by atoms with Gasteiger partial charge in [-0.05, 0) is 13.8 Å². The van der Waals surface area contributed by atoms with Gasteiger partial charge in [-0.15, -0.1) is 0 Å². The summed E-state index contributed by atoms with van der Waals surface area (Å²) in [5, 5.41) is 10.2. The van der Waals surface area contributed by atoms with Crippen molar-refractivity contribution in [1.29, 1.82) is 0 Å². The van der Waals surface area contributed by atoms with Gasteiger partial charge in [-0.25, -0.2) is 0 Å². The third kappa shape index (κ3) is 1.26. The number of nitrogens with two attached hydrogens (primary N) is 1. The number of nitrogens with zero attached hydrogens (tertiary/aromatic N) is 2. The molecule has 1 atom stereocenters. The summed E-state index contributed by atoms with van der Waals surface area (Å²) in [6, 6.07) is 0.193. The Bertz CT molecular complexity index is 332. The molecule has 1 aliphatic rings. The molecule has 0 radical (unpaired) electrons. The fourth-order valence-corrected chi connectivity index (χ4v) is 1.70. The van der Waals surface area contributed by atoms with Crippen molar-refractivity contribution >= 4 is 5.96 Å². The zero-order chi connectivity index (χ0) is 9.42. The van der Waals surface area contributed by atoms with Crippen molar-refractivity contribution in [2.24, 2.45) is 10.7 Å². The molecule has 1 aromatic rings. The van der Waals surface area contributed by atoms with Crippen LogP contribution in [0.5, 0.6) is 0 Å². The minimum atomic E-state index is 0.193. The van der Waals surface area contributed by atoms with E-state index in [9.17, 15) is 0 Å². The van der Waals surface area contributed by atoms with Crippen LogP contribution in [0.2, 0.25) is 0 Å². The highest BCUT2D eigenvalue weighted by Crippen LogP contribution is 2.21. The molecular formula is C8H13N5. The van der Waals surface area contributed by atoms with Gasteiger partial charge in [-0.3, -0.25) is 10.1 Å². The zero-order valence-corrected chi connectivity index (χ0v) is 7.76.